The molecule has 1 heterocycles. The highest BCUT2D eigenvalue weighted by Crippen LogP contribution is 2.38. The molecular formula is C27H34N2O4. The van der Waals surface area contributed by atoms with E-state index in [0.717, 1.165) is 60.3 Å². The molecule has 2 aromatic rings. The zero-order chi connectivity index (χ0) is 23.2. The smallest absolute Gasteiger partial charge is 0.229 e. The summed E-state index contributed by atoms with van der Waals surface area (Å²) < 4.78 is 16.6. The number of aliphatic imine (C=N–C) groups is 1. The maximum atomic E-state index is 13.7. The topological polar surface area (TPSA) is 69.2 Å². The lowest BCUT2D eigenvalue weighted by Crippen LogP contribution is -2.42. The van der Waals surface area contributed by atoms with E-state index in [1.807, 2.05) is 36.4 Å². The third kappa shape index (κ3) is 5.00. The molecule has 6 heteroatoms. The molecular weight excluding hydrogens is 416 g/mol. The molecule has 6 nitrogen and oxygen atoms in total. The molecule has 0 aromatic heterocycles. The summed E-state index contributed by atoms with van der Waals surface area (Å²) >= 11 is 0. The van der Waals surface area contributed by atoms with E-state index in [1.54, 1.807) is 21.3 Å². The van der Waals surface area contributed by atoms with Gasteiger partial charge in [0, 0.05) is 24.2 Å². The van der Waals surface area contributed by atoms with Crippen molar-refractivity contribution in [2.45, 2.75) is 45.1 Å². The minimum atomic E-state index is -0.280. The van der Waals surface area contributed by atoms with Crippen LogP contribution >= 0.6 is 0 Å². The quantitative estimate of drug-likeness (QED) is 0.640. The molecule has 33 heavy (non-hydrogen) atoms. The Balaban J connectivity index is 1.65. The van der Waals surface area contributed by atoms with E-state index in [1.165, 1.54) is 6.42 Å². The van der Waals surface area contributed by atoms with Crippen LogP contribution in [0.4, 0.5) is 0 Å². The van der Waals surface area contributed by atoms with Crippen LogP contribution in [0.1, 0.15) is 48.8 Å². The fraction of sp³-hybridized carbons (Fsp3) is 0.481. The van der Waals surface area contributed by atoms with Crippen molar-refractivity contribution in [2.24, 2.45) is 16.8 Å². The number of fused-ring (bicyclic) bond motifs is 1. The second-order valence-corrected chi connectivity index (χ2v) is 8.79. The summed E-state index contributed by atoms with van der Waals surface area (Å²) in [6.07, 6.45) is 6.49. The number of nitrogens with one attached hydrogen (secondary N) is 1. The molecule has 1 amide bonds. The summed E-state index contributed by atoms with van der Waals surface area (Å²) in [4.78, 5) is 18.6. The summed E-state index contributed by atoms with van der Waals surface area (Å²) in [7, 11) is 4.95. The molecule has 1 unspecified atom stereocenters. The van der Waals surface area contributed by atoms with E-state index < -0.39 is 0 Å². The number of carbonyl (C=O) groups excluding carboxylic acids is 1. The van der Waals surface area contributed by atoms with Gasteiger partial charge in [0.05, 0.1) is 33.0 Å². The molecule has 1 saturated carbocycles. The number of rotatable bonds is 8. The summed E-state index contributed by atoms with van der Waals surface area (Å²) in [6.45, 7) is 1.11. The van der Waals surface area contributed by atoms with Gasteiger partial charge in [-0.2, -0.15) is 0 Å². The van der Waals surface area contributed by atoms with Gasteiger partial charge in [0.25, 0.3) is 0 Å². The Morgan fingerprint density at radius 1 is 1.00 bits per heavy atom. The second-order valence-electron chi connectivity index (χ2n) is 8.79. The standard InChI is InChI=1S/C27H34N2O4/c1-31-22-12-8-7-11-20(22)17-29-27(30)25(18-9-5-4-6-10-18)26-21-16-24(33-3)23(32-2)15-19(21)13-14-28-26/h7-8,11-12,15-16,18,25H,4-6,9-10,13-14,17H2,1-3H3,(H,29,30). The molecule has 0 spiro atoms. The molecule has 1 fully saturated rings. The third-order valence-corrected chi connectivity index (χ3v) is 6.89. The SMILES string of the molecule is COc1ccccc1CNC(=O)C(C1=NCCc2cc(OC)c(OC)cc21)C1CCCCC1. The number of carbonyl (C=O) groups is 1. The van der Waals surface area contributed by atoms with Crippen LogP contribution in [-0.4, -0.2) is 39.5 Å². The molecule has 176 valence electrons. The first-order valence-corrected chi connectivity index (χ1v) is 11.9. The lowest BCUT2D eigenvalue weighted by Gasteiger charge is -2.33. The molecule has 0 radical (unpaired) electrons. The van der Waals surface area contributed by atoms with Crippen molar-refractivity contribution in [3.05, 3.63) is 53.1 Å². The lowest BCUT2D eigenvalue weighted by molar-refractivity contribution is -0.124. The first-order chi connectivity index (χ1) is 16.2. The normalized spacial score (nSPS) is 16.9. The number of benzene rings is 2. The van der Waals surface area contributed by atoms with Crippen molar-refractivity contribution in [1.82, 2.24) is 5.32 Å². The van der Waals surface area contributed by atoms with Crippen molar-refractivity contribution in [1.29, 1.82) is 0 Å². The van der Waals surface area contributed by atoms with E-state index >= 15 is 0 Å². The Morgan fingerprint density at radius 3 is 2.42 bits per heavy atom. The number of methoxy groups -OCH3 is 3. The molecule has 2 aromatic carbocycles. The Hall–Kier alpha value is -3.02. The van der Waals surface area contributed by atoms with Gasteiger partial charge < -0.3 is 19.5 Å². The van der Waals surface area contributed by atoms with Crippen LogP contribution < -0.4 is 19.5 Å². The summed E-state index contributed by atoms with van der Waals surface area (Å²) in [5.74, 6) is 2.21. The summed E-state index contributed by atoms with van der Waals surface area (Å²) in [6, 6.07) is 11.8. The predicted octanol–water partition coefficient (Wildman–Crippen LogP) is 4.57. The number of amides is 1. The monoisotopic (exact) mass is 450 g/mol. The number of para-hydroxylation sites is 1. The van der Waals surface area contributed by atoms with Crippen molar-refractivity contribution in [3.8, 4) is 17.2 Å². The van der Waals surface area contributed by atoms with Crippen LogP contribution in [0, 0.1) is 11.8 Å². The first-order valence-electron chi connectivity index (χ1n) is 11.9. The minimum Gasteiger partial charge on any atom is -0.496 e. The molecule has 1 atom stereocenters. The van der Waals surface area contributed by atoms with Crippen LogP contribution in [0.5, 0.6) is 17.2 Å². The Morgan fingerprint density at radius 2 is 1.70 bits per heavy atom. The average Bonchev–Trinajstić information content (AvgIpc) is 2.87. The Labute approximate surface area is 196 Å². The number of ether oxygens (including phenoxy) is 3. The molecule has 4 rings (SSSR count). The maximum absolute atomic E-state index is 13.7. The molecule has 1 aliphatic heterocycles. The molecule has 0 bridgehead atoms. The van der Waals surface area contributed by atoms with E-state index in [4.69, 9.17) is 19.2 Å². The van der Waals surface area contributed by atoms with Gasteiger partial charge in [-0.05, 0) is 48.9 Å². The maximum Gasteiger partial charge on any atom is 0.229 e. The van der Waals surface area contributed by atoms with Gasteiger partial charge in [0.15, 0.2) is 11.5 Å². The van der Waals surface area contributed by atoms with Crippen LogP contribution in [0.15, 0.2) is 41.4 Å². The zero-order valence-electron chi connectivity index (χ0n) is 19.9. The van der Waals surface area contributed by atoms with Crippen LogP contribution in [0.25, 0.3) is 0 Å². The zero-order valence-corrected chi connectivity index (χ0v) is 19.9. The highest BCUT2D eigenvalue weighted by molar-refractivity contribution is 6.14. The van der Waals surface area contributed by atoms with Crippen LogP contribution in [-0.2, 0) is 17.8 Å². The van der Waals surface area contributed by atoms with Crippen molar-refractivity contribution < 1.29 is 19.0 Å². The van der Waals surface area contributed by atoms with E-state index in [9.17, 15) is 4.79 Å². The average molecular weight is 451 g/mol. The van der Waals surface area contributed by atoms with Crippen molar-refractivity contribution in [3.63, 3.8) is 0 Å². The fourth-order valence-electron chi connectivity index (χ4n) is 5.18. The second kappa shape index (κ2) is 10.7. The lowest BCUT2D eigenvalue weighted by atomic mass is 9.74. The van der Waals surface area contributed by atoms with Gasteiger partial charge in [-0.25, -0.2) is 0 Å². The third-order valence-electron chi connectivity index (χ3n) is 6.89. The number of nitrogens with zero attached hydrogens (tertiary/aromatic N) is 1. The highest BCUT2D eigenvalue weighted by atomic mass is 16.5. The highest BCUT2D eigenvalue weighted by Gasteiger charge is 2.36. The van der Waals surface area contributed by atoms with Gasteiger partial charge in [0.1, 0.15) is 5.75 Å². The molecule has 1 N–H and O–H groups in total. The van der Waals surface area contributed by atoms with Crippen molar-refractivity contribution >= 4 is 11.6 Å². The summed E-state index contributed by atoms with van der Waals surface area (Å²) in [5.41, 5.74) is 4.03. The first kappa shape index (κ1) is 23.1. The van der Waals surface area contributed by atoms with E-state index in [-0.39, 0.29) is 17.7 Å². The molecule has 0 saturated heterocycles. The van der Waals surface area contributed by atoms with Gasteiger partial charge in [-0.3, -0.25) is 9.79 Å². The largest absolute Gasteiger partial charge is 0.496 e. The van der Waals surface area contributed by atoms with Gasteiger partial charge >= 0.3 is 0 Å². The Kier molecular flexibility index (Phi) is 7.53. The predicted molar refractivity (Wildman–Crippen MR) is 130 cm³/mol. The molecule has 2 aliphatic rings. The van der Waals surface area contributed by atoms with Gasteiger partial charge in [-0.15, -0.1) is 0 Å². The number of hydrogen-bond acceptors (Lipinski definition) is 5. The minimum absolute atomic E-state index is 0.0363. The fourth-order valence-corrected chi connectivity index (χ4v) is 5.18. The van der Waals surface area contributed by atoms with E-state index in [2.05, 4.69) is 5.32 Å². The van der Waals surface area contributed by atoms with Crippen LogP contribution in [0.2, 0.25) is 0 Å². The summed E-state index contributed by atoms with van der Waals surface area (Å²) in [5, 5.41) is 3.19. The van der Waals surface area contributed by atoms with E-state index in [0.29, 0.717) is 24.6 Å². The van der Waals surface area contributed by atoms with Crippen LogP contribution in [0.3, 0.4) is 0 Å². The van der Waals surface area contributed by atoms with Gasteiger partial charge in [0.2, 0.25) is 5.91 Å². The van der Waals surface area contributed by atoms with Gasteiger partial charge in [-0.1, -0.05) is 37.5 Å². The Bertz CT molecular complexity index is 1010. The molecule has 1 aliphatic carbocycles. The number of hydrogen-bond donors (Lipinski definition) is 1. The van der Waals surface area contributed by atoms with Crippen molar-refractivity contribution in [2.75, 3.05) is 27.9 Å².